The summed E-state index contributed by atoms with van der Waals surface area (Å²) < 4.78 is 10.8. The van der Waals surface area contributed by atoms with Gasteiger partial charge >= 0.3 is 0 Å². The highest BCUT2D eigenvalue weighted by Crippen LogP contribution is 2.64. The fourth-order valence-electron chi connectivity index (χ4n) is 0.472. The first-order valence-corrected chi connectivity index (χ1v) is 6.16. The summed E-state index contributed by atoms with van der Waals surface area (Å²) in [7, 11) is 0. The Morgan fingerprint density at radius 3 is 1.90 bits per heavy atom. The molecule has 0 atom stereocenters. The van der Waals surface area contributed by atoms with Crippen molar-refractivity contribution < 1.29 is 9.36 Å². The van der Waals surface area contributed by atoms with Crippen LogP contribution in [-0.2, 0) is 9.36 Å². The molecule has 10 heavy (non-hydrogen) atoms. The molecule has 0 unspecified atom stereocenters. The van der Waals surface area contributed by atoms with E-state index in [1.54, 1.807) is 13.8 Å². The smallest absolute Gasteiger partial charge is 0.284 e. The van der Waals surface area contributed by atoms with E-state index >= 15 is 0 Å². The molecule has 58 valence electrons. The molecule has 0 spiro atoms. The summed E-state index contributed by atoms with van der Waals surface area (Å²) in [6.45, 7) is 3.36. The summed E-state index contributed by atoms with van der Waals surface area (Å²) in [5.74, 6) is -2.12. The number of halogens is 2. The molecular weight excluding hydrogens is 194 g/mol. The van der Waals surface area contributed by atoms with Crippen LogP contribution in [0.1, 0.15) is 13.8 Å². The zero-order valence-electron chi connectivity index (χ0n) is 5.60. The van der Waals surface area contributed by atoms with E-state index < -0.39 is 5.85 Å². The summed E-state index contributed by atoms with van der Waals surface area (Å²) in [5, 5.41) is -0.0455. The van der Waals surface area contributed by atoms with Gasteiger partial charge in [0.2, 0.25) is 0 Å². The van der Waals surface area contributed by atoms with Crippen LogP contribution in [0.15, 0.2) is 5.31 Å². The minimum Gasteiger partial charge on any atom is -0.284 e. The standard InChI is InChI=1S/C5H7Cl2O2P/c1-4(2)5(3-8)10(6,7)9/h4H,1-2H3. The molecule has 0 amide bonds. The third-order valence-corrected chi connectivity index (χ3v) is 3.19. The lowest BCUT2D eigenvalue weighted by Crippen LogP contribution is -1.90. The second-order valence-electron chi connectivity index (χ2n) is 2.10. The zero-order valence-corrected chi connectivity index (χ0v) is 8.00. The molecule has 0 saturated heterocycles. The van der Waals surface area contributed by atoms with Gasteiger partial charge in [-0.15, -0.1) is 0 Å². The first-order chi connectivity index (χ1) is 4.39. The van der Waals surface area contributed by atoms with E-state index in [1.165, 1.54) is 5.94 Å². The Bertz CT molecular complexity index is 212. The molecule has 0 aliphatic carbocycles. The lowest BCUT2D eigenvalue weighted by atomic mass is 10.2. The maximum Gasteiger partial charge on any atom is 0.288 e. The Hall–Kier alpha value is 0.260. The van der Waals surface area contributed by atoms with E-state index in [2.05, 4.69) is 0 Å². The van der Waals surface area contributed by atoms with Crippen molar-refractivity contribution in [1.29, 1.82) is 0 Å². The van der Waals surface area contributed by atoms with Gasteiger partial charge in [0.15, 0.2) is 0 Å². The van der Waals surface area contributed by atoms with Gasteiger partial charge in [-0.25, -0.2) is 4.79 Å². The summed E-state index contributed by atoms with van der Waals surface area (Å²) in [5.41, 5.74) is 0. The van der Waals surface area contributed by atoms with E-state index in [0.717, 1.165) is 0 Å². The normalized spacial score (nSPS) is 11.3. The molecule has 0 aliphatic heterocycles. The molecule has 0 heterocycles. The fourth-order valence-corrected chi connectivity index (χ4v) is 2.56. The van der Waals surface area contributed by atoms with Gasteiger partial charge in [0.05, 0.1) is 0 Å². The van der Waals surface area contributed by atoms with Gasteiger partial charge in [-0.1, -0.05) is 13.8 Å². The Balaban J connectivity index is 4.75. The Labute approximate surface area is 69.2 Å². The van der Waals surface area contributed by atoms with Crippen LogP contribution < -0.4 is 0 Å². The van der Waals surface area contributed by atoms with E-state index in [9.17, 15) is 9.36 Å². The van der Waals surface area contributed by atoms with Gasteiger partial charge in [0, 0.05) is 0 Å². The van der Waals surface area contributed by atoms with Gasteiger partial charge in [0.1, 0.15) is 11.3 Å². The molecule has 0 bridgehead atoms. The summed E-state index contributed by atoms with van der Waals surface area (Å²) >= 11 is 10.4. The molecule has 0 N–H and O–H groups in total. The van der Waals surface area contributed by atoms with E-state index in [-0.39, 0.29) is 11.2 Å². The number of carbonyl (C=O) groups excluding carboxylic acids is 1. The predicted octanol–water partition coefficient (Wildman–Crippen LogP) is 3.03. The molecule has 0 radical (unpaired) electrons. The zero-order chi connectivity index (χ0) is 8.36. The molecule has 0 rings (SSSR count). The SMILES string of the molecule is CC(C)C(=C=O)P(=O)(Cl)Cl. The third kappa shape index (κ3) is 2.90. The molecule has 0 aromatic carbocycles. The average molecular weight is 201 g/mol. The van der Waals surface area contributed by atoms with Crippen molar-refractivity contribution in [3.05, 3.63) is 5.31 Å². The minimum absolute atomic E-state index is 0.0455. The first-order valence-electron chi connectivity index (χ1n) is 2.64. The fraction of sp³-hybridized carbons (Fsp3) is 0.600. The molecule has 0 aromatic rings. The summed E-state index contributed by atoms with van der Waals surface area (Å²) in [6, 6.07) is 0. The van der Waals surface area contributed by atoms with Crippen LogP contribution in [0.5, 0.6) is 0 Å². The molecular formula is C5H7Cl2O2P. The van der Waals surface area contributed by atoms with Crippen molar-refractivity contribution in [2.45, 2.75) is 13.8 Å². The first kappa shape index (κ1) is 10.3. The van der Waals surface area contributed by atoms with Crippen LogP contribution in [0.3, 0.4) is 0 Å². The molecule has 0 aromatic heterocycles. The van der Waals surface area contributed by atoms with Crippen molar-refractivity contribution in [3.63, 3.8) is 0 Å². The highest BCUT2D eigenvalue weighted by molar-refractivity contribution is 8.11. The van der Waals surface area contributed by atoms with Crippen molar-refractivity contribution in [2.24, 2.45) is 5.92 Å². The Morgan fingerprint density at radius 1 is 1.50 bits per heavy atom. The Kier molecular flexibility index (Phi) is 3.69. The van der Waals surface area contributed by atoms with Crippen LogP contribution >= 0.6 is 28.3 Å². The predicted molar refractivity (Wildman–Crippen MR) is 43.4 cm³/mol. The summed E-state index contributed by atoms with van der Waals surface area (Å²) in [4.78, 5) is 10.1. The highest BCUT2D eigenvalue weighted by atomic mass is 35.9. The number of rotatable bonds is 2. The van der Waals surface area contributed by atoms with Crippen LogP contribution in [0, 0.1) is 5.92 Å². The monoisotopic (exact) mass is 200 g/mol. The number of hydrogen-bond acceptors (Lipinski definition) is 2. The molecule has 5 heteroatoms. The van der Waals surface area contributed by atoms with Crippen LogP contribution in [-0.4, -0.2) is 5.94 Å². The second-order valence-corrected chi connectivity index (χ2v) is 6.89. The Morgan fingerprint density at radius 2 is 1.90 bits per heavy atom. The van der Waals surface area contributed by atoms with Crippen LogP contribution in [0.25, 0.3) is 0 Å². The lowest BCUT2D eigenvalue weighted by Gasteiger charge is -2.05. The second kappa shape index (κ2) is 3.59. The topological polar surface area (TPSA) is 34.1 Å². The minimum atomic E-state index is -3.39. The molecule has 0 fully saturated rings. The number of hydrogen-bond donors (Lipinski definition) is 0. The molecule has 0 saturated carbocycles. The lowest BCUT2D eigenvalue weighted by molar-refractivity contribution is 0.563. The molecule has 2 nitrogen and oxygen atoms in total. The van der Waals surface area contributed by atoms with Crippen molar-refractivity contribution in [1.82, 2.24) is 0 Å². The van der Waals surface area contributed by atoms with E-state index in [1.807, 2.05) is 0 Å². The van der Waals surface area contributed by atoms with E-state index in [0.29, 0.717) is 0 Å². The summed E-state index contributed by atoms with van der Waals surface area (Å²) in [6.07, 6.45) is 0. The maximum atomic E-state index is 10.8. The molecule has 0 aliphatic rings. The van der Waals surface area contributed by atoms with Crippen molar-refractivity contribution in [3.8, 4) is 0 Å². The van der Waals surface area contributed by atoms with Gasteiger partial charge in [-0.3, -0.25) is 4.57 Å². The third-order valence-electron chi connectivity index (χ3n) is 0.932. The van der Waals surface area contributed by atoms with Gasteiger partial charge in [-0.05, 0) is 28.4 Å². The van der Waals surface area contributed by atoms with Crippen LogP contribution in [0.2, 0.25) is 0 Å². The van der Waals surface area contributed by atoms with E-state index in [4.69, 9.17) is 22.5 Å². The number of allylic oxidation sites excluding steroid dienone is 1. The highest BCUT2D eigenvalue weighted by Gasteiger charge is 2.24. The average Bonchev–Trinajstić information content (AvgIpc) is 1.60. The van der Waals surface area contributed by atoms with Gasteiger partial charge in [-0.2, -0.15) is 0 Å². The van der Waals surface area contributed by atoms with Crippen LogP contribution in [0.4, 0.5) is 0 Å². The van der Waals surface area contributed by atoms with Gasteiger partial charge in [0.25, 0.3) is 5.85 Å². The van der Waals surface area contributed by atoms with Gasteiger partial charge < -0.3 is 0 Å². The quantitative estimate of drug-likeness (QED) is 0.508. The largest absolute Gasteiger partial charge is 0.288 e. The van der Waals surface area contributed by atoms with Crippen molar-refractivity contribution in [2.75, 3.05) is 0 Å². The van der Waals surface area contributed by atoms with Crippen molar-refractivity contribution >= 4 is 34.3 Å². The maximum absolute atomic E-state index is 10.8.